The Balaban J connectivity index is 0.000000210. The van der Waals surface area contributed by atoms with Crippen LogP contribution in [-0.2, 0) is 36.6 Å². The molecule has 2 fully saturated rings. The summed E-state index contributed by atoms with van der Waals surface area (Å²) < 4.78 is 34.2. The number of pyridine rings is 1. The van der Waals surface area contributed by atoms with E-state index >= 15 is 0 Å². The van der Waals surface area contributed by atoms with Gasteiger partial charge in [-0.15, -0.1) is 22.7 Å². The number of hydrogen-bond donors (Lipinski definition) is 2. The maximum absolute atomic E-state index is 13.3. The summed E-state index contributed by atoms with van der Waals surface area (Å²) in [5.74, 6) is -0.895. The first-order valence-electron chi connectivity index (χ1n) is 18.9. The summed E-state index contributed by atoms with van der Waals surface area (Å²) in [6.07, 6.45) is 2.57. The van der Waals surface area contributed by atoms with Crippen LogP contribution in [0.3, 0.4) is 0 Å². The van der Waals surface area contributed by atoms with E-state index in [9.17, 15) is 23.6 Å². The number of esters is 1. The summed E-state index contributed by atoms with van der Waals surface area (Å²) in [6.45, 7) is 1.88. The highest BCUT2D eigenvalue weighted by Gasteiger charge is 2.44. The van der Waals surface area contributed by atoms with Gasteiger partial charge in [-0.05, 0) is 61.6 Å². The number of carbonyl (C=O) groups is 4. The molecule has 5 aromatic rings. The van der Waals surface area contributed by atoms with Crippen LogP contribution >= 0.6 is 45.9 Å². The quantitative estimate of drug-likeness (QED) is 0.107. The molecule has 0 saturated carbocycles. The predicted molar refractivity (Wildman–Crippen MR) is 229 cm³/mol. The molecule has 5 heterocycles. The smallest absolute Gasteiger partial charge is 0.410 e. The average molecular weight is 915 g/mol. The summed E-state index contributed by atoms with van der Waals surface area (Å²) in [6, 6.07) is 16.9. The van der Waals surface area contributed by atoms with Gasteiger partial charge in [0.1, 0.15) is 23.5 Å². The minimum atomic E-state index is -0.877. The number of benzene rings is 2. The number of ether oxygens (including phenoxy) is 4. The molecule has 2 aromatic carbocycles. The minimum Gasteiger partial charge on any atom is -0.465 e. The van der Waals surface area contributed by atoms with Crippen molar-refractivity contribution in [3.63, 3.8) is 0 Å². The van der Waals surface area contributed by atoms with Crippen LogP contribution in [0.5, 0.6) is 0 Å². The van der Waals surface area contributed by atoms with Gasteiger partial charge in [0.05, 0.1) is 62.4 Å². The lowest BCUT2D eigenvalue weighted by Crippen LogP contribution is -2.57. The van der Waals surface area contributed by atoms with Gasteiger partial charge < -0.3 is 39.4 Å². The molecule has 7 rings (SSSR count). The number of amides is 3. The number of nitrogens with zero attached hydrogens (tertiary/aromatic N) is 5. The fourth-order valence-corrected chi connectivity index (χ4v) is 8.95. The first-order valence-corrected chi connectivity index (χ1v) is 21.4. The molecule has 0 radical (unpaired) electrons. The number of carbonyl (C=O) groups excluding carboxylic acids is 4. The number of piperidine rings is 2. The van der Waals surface area contributed by atoms with Crippen LogP contribution in [0.1, 0.15) is 53.0 Å². The van der Waals surface area contributed by atoms with E-state index in [1.165, 1.54) is 56.1 Å². The van der Waals surface area contributed by atoms with E-state index < -0.39 is 35.3 Å². The van der Waals surface area contributed by atoms with E-state index in [2.05, 4.69) is 25.6 Å². The number of halogens is 3. The minimum absolute atomic E-state index is 0.191. The predicted octanol–water partition coefficient (Wildman–Crippen LogP) is 8.42. The molecule has 2 atom stereocenters. The molecule has 20 heteroatoms. The SMILES string of the molecule is COC(=O)NC1(c2csc(Cl)n2)CCCN(C(=O)OCc2ccccc2)C1.COC(=O)NC1(c2csc(Cl)n2)CCCN(c2cnc(-c3ccc(F)cc3)cc2C(=O)OC)C1. The molecule has 2 N–H and O–H groups in total. The number of aromatic nitrogens is 3. The number of alkyl carbamates (subject to hydrolysis) is 2. The van der Waals surface area contributed by atoms with Crippen molar-refractivity contribution in [1.82, 2.24) is 30.5 Å². The van der Waals surface area contributed by atoms with E-state index in [-0.39, 0.29) is 19.0 Å². The highest BCUT2D eigenvalue weighted by atomic mass is 35.5. The van der Waals surface area contributed by atoms with E-state index in [0.717, 1.165) is 5.56 Å². The van der Waals surface area contributed by atoms with Crippen LogP contribution in [0.2, 0.25) is 8.93 Å². The molecule has 2 aliphatic rings. The molecule has 0 bridgehead atoms. The van der Waals surface area contributed by atoms with Crippen molar-refractivity contribution in [2.24, 2.45) is 0 Å². The third kappa shape index (κ3) is 11.0. The second kappa shape index (κ2) is 20.3. The van der Waals surface area contributed by atoms with Crippen LogP contribution in [0, 0.1) is 5.82 Å². The second-order valence-corrected chi connectivity index (χ2v) is 16.9. The van der Waals surface area contributed by atoms with Gasteiger partial charge >= 0.3 is 24.2 Å². The van der Waals surface area contributed by atoms with Crippen LogP contribution in [0.15, 0.2) is 77.6 Å². The number of rotatable bonds is 9. The Kier molecular flexibility index (Phi) is 15.0. The summed E-state index contributed by atoms with van der Waals surface area (Å²) in [4.78, 5) is 66.2. The van der Waals surface area contributed by atoms with Gasteiger partial charge in [-0.3, -0.25) is 4.98 Å². The second-order valence-electron chi connectivity index (χ2n) is 14.0. The molecule has 322 valence electrons. The monoisotopic (exact) mass is 913 g/mol. The van der Waals surface area contributed by atoms with Gasteiger partial charge in [0.15, 0.2) is 8.93 Å². The topological polar surface area (TPSA) is 174 Å². The van der Waals surface area contributed by atoms with Crippen molar-refractivity contribution < 1.29 is 42.5 Å². The van der Waals surface area contributed by atoms with Gasteiger partial charge in [-0.25, -0.2) is 33.5 Å². The van der Waals surface area contributed by atoms with E-state index in [4.69, 9.17) is 42.1 Å². The molecule has 2 aliphatic heterocycles. The fraction of sp³-hybridized carbons (Fsp3) is 0.341. The first kappa shape index (κ1) is 45.0. The summed E-state index contributed by atoms with van der Waals surface area (Å²) in [5.41, 5.74) is 2.43. The Morgan fingerprint density at radius 2 is 1.39 bits per heavy atom. The Bertz CT molecular complexity index is 2320. The molecule has 15 nitrogen and oxygen atoms in total. The molecule has 3 aromatic heterocycles. The van der Waals surface area contributed by atoms with Crippen LogP contribution in [0.25, 0.3) is 11.3 Å². The van der Waals surface area contributed by atoms with Gasteiger partial charge in [0.2, 0.25) is 0 Å². The summed E-state index contributed by atoms with van der Waals surface area (Å²) >= 11 is 14.6. The molecule has 3 amide bonds. The largest absolute Gasteiger partial charge is 0.465 e. The lowest BCUT2D eigenvalue weighted by atomic mass is 9.86. The van der Waals surface area contributed by atoms with Gasteiger partial charge in [0, 0.05) is 36.0 Å². The first-order chi connectivity index (χ1) is 29.4. The van der Waals surface area contributed by atoms with Crippen LogP contribution < -0.4 is 15.5 Å². The lowest BCUT2D eigenvalue weighted by molar-refractivity contribution is 0.0600. The van der Waals surface area contributed by atoms with Crippen LogP contribution in [0.4, 0.5) is 24.5 Å². The van der Waals surface area contributed by atoms with E-state index in [1.807, 2.05) is 35.2 Å². The Morgan fingerprint density at radius 1 is 0.803 bits per heavy atom. The third-order valence-electron chi connectivity index (χ3n) is 10.2. The van der Waals surface area contributed by atoms with Crippen molar-refractivity contribution >= 4 is 75.8 Å². The highest BCUT2D eigenvalue weighted by Crippen LogP contribution is 2.38. The number of thiazole rings is 2. The molecular weight excluding hydrogens is 873 g/mol. The molecule has 2 saturated heterocycles. The molecule has 2 unspecified atom stereocenters. The standard InChI is InChI=1S/C23H22ClFN4O4S.C18H20ClN3O4S/c1-32-20(30)16-10-17(14-4-6-15(25)7-5-14)26-11-18(16)29-9-3-8-23(13-29,28-22(31)33-2)19-12-34-21(24)27-19;1-25-16(23)21-18(14-11-27-15(19)20-14)8-5-9-22(12-18)17(24)26-10-13-6-3-2-4-7-13/h4-7,10-12H,3,8-9,13H2,1-2H3,(H,28,31);2-4,6-7,11H,5,8-10,12H2,1H3,(H,21,23). The number of nitrogens with one attached hydrogen (secondary N) is 2. The van der Waals surface area contributed by atoms with Gasteiger partial charge in [0.25, 0.3) is 0 Å². The van der Waals surface area contributed by atoms with Crippen molar-refractivity contribution in [2.45, 2.75) is 43.4 Å². The zero-order valence-corrected chi connectivity index (χ0v) is 36.5. The third-order valence-corrected chi connectivity index (χ3v) is 12.2. The maximum atomic E-state index is 13.3. The normalized spacial score (nSPS) is 18.5. The zero-order chi connectivity index (χ0) is 43.6. The molecule has 0 aliphatic carbocycles. The fourth-order valence-electron chi connectivity index (χ4n) is 7.22. The Labute approximate surface area is 369 Å². The van der Waals surface area contributed by atoms with Crippen molar-refractivity contribution in [3.8, 4) is 11.3 Å². The number of methoxy groups -OCH3 is 3. The van der Waals surface area contributed by atoms with E-state index in [1.54, 1.807) is 40.1 Å². The van der Waals surface area contributed by atoms with Crippen LogP contribution in [-0.4, -0.2) is 91.6 Å². The molecular formula is C41H42Cl2FN7O8S2. The number of anilines is 1. The summed E-state index contributed by atoms with van der Waals surface area (Å²) in [5, 5.41) is 9.37. The average Bonchev–Trinajstić information content (AvgIpc) is 3.94. The molecule has 61 heavy (non-hydrogen) atoms. The Morgan fingerprint density at radius 3 is 1.95 bits per heavy atom. The van der Waals surface area contributed by atoms with Crippen molar-refractivity contribution in [2.75, 3.05) is 52.4 Å². The summed E-state index contributed by atoms with van der Waals surface area (Å²) in [7, 11) is 3.90. The number of likely N-dealkylation sites (tertiary alicyclic amines) is 1. The number of hydrogen-bond acceptors (Lipinski definition) is 14. The maximum Gasteiger partial charge on any atom is 0.410 e. The van der Waals surface area contributed by atoms with Gasteiger partial charge in [-0.1, -0.05) is 53.5 Å². The Hall–Kier alpha value is -5.56. The zero-order valence-electron chi connectivity index (χ0n) is 33.3. The highest BCUT2D eigenvalue weighted by molar-refractivity contribution is 7.14. The van der Waals surface area contributed by atoms with Crippen molar-refractivity contribution in [1.29, 1.82) is 0 Å². The van der Waals surface area contributed by atoms with E-state index in [0.29, 0.717) is 88.1 Å². The lowest BCUT2D eigenvalue weighted by Gasteiger charge is -2.43. The molecule has 0 spiro atoms. The van der Waals surface area contributed by atoms with Crippen molar-refractivity contribution in [3.05, 3.63) is 115 Å². The van der Waals surface area contributed by atoms with Gasteiger partial charge in [-0.2, -0.15) is 0 Å².